The van der Waals surface area contributed by atoms with Gasteiger partial charge in [-0.05, 0) is 44.9 Å². The van der Waals surface area contributed by atoms with Gasteiger partial charge >= 0.3 is 0 Å². The minimum atomic E-state index is 0.0365. The predicted molar refractivity (Wildman–Crippen MR) is 99.8 cm³/mol. The van der Waals surface area contributed by atoms with Gasteiger partial charge in [0.2, 0.25) is 5.88 Å². The van der Waals surface area contributed by atoms with Crippen LogP contribution in [0.5, 0.6) is 5.88 Å². The molecule has 25 heavy (non-hydrogen) atoms. The number of aryl methyl sites for hydroxylation is 1. The first-order valence-electron chi connectivity index (χ1n) is 8.81. The van der Waals surface area contributed by atoms with Crippen LogP contribution in [0, 0.1) is 6.92 Å². The van der Waals surface area contributed by atoms with Crippen LogP contribution >= 0.6 is 0 Å². The molecule has 2 aromatic heterocycles. The number of ether oxygens (including phenoxy) is 1. The van der Waals surface area contributed by atoms with E-state index < -0.39 is 0 Å². The van der Waals surface area contributed by atoms with Crippen LogP contribution in [0.4, 0.5) is 0 Å². The Balaban J connectivity index is 1.96. The maximum absolute atomic E-state index is 5.66. The van der Waals surface area contributed by atoms with Gasteiger partial charge in [-0.1, -0.05) is 13.0 Å². The Bertz CT molecular complexity index is 664. The van der Waals surface area contributed by atoms with E-state index in [9.17, 15) is 0 Å². The van der Waals surface area contributed by atoms with Gasteiger partial charge in [0.05, 0.1) is 19.2 Å². The van der Waals surface area contributed by atoms with Gasteiger partial charge in [-0.2, -0.15) is 0 Å². The van der Waals surface area contributed by atoms with E-state index in [1.165, 1.54) is 0 Å². The smallest absolute Gasteiger partial charge is 0.213 e. The summed E-state index contributed by atoms with van der Waals surface area (Å²) in [6.45, 7) is 10.1. The zero-order valence-corrected chi connectivity index (χ0v) is 15.5. The van der Waals surface area contributed by atoms with Crippen molar-refractivity contribution in [3.63, 3.8) is 0 Å². The molecule has 0 aliphatic rings. The molecule has 0 fully saturated rings. The molecule has 0 spiro atoms. The molecule has 2 N–H and O–H groups in total. The summed E-state index contributed by atoms with van der Waals surface area (Å²) in [5, 5.41) is 6.61. The fourth-order valence-corrected chi connectivity index (χ4v) is 2.25. The minimum absolute atomic E-state index is 0.0365. The van der Waals surface area contributed by atoms with Gasteiger partial charge in [0, 0.05) is 18.8 Å². The molecule has 2 heterocycles. The van der Waals surface area contributed by atoms with Crippen LogP contribution in [0.2, 0.25) is 0 Å². The number of nitrogens with zero attached hydrogens (tertiary/aromatic N) is 2. The van der Waals surface area contributed by atoms with Crippen molar-refractivity contribution in [3.8, 4) is 5.88 Å². The van der Waals surface area contributed by atoms with Gasteiger partial charge in [0.1, 0.15) is 11.5 Å². The molecular weight excluding hydrogens is 316 g/mol. The number of pyridine rings is 1. The van der Waals surface area contributed by atoms with Crippen LogP contribution in [-0.4, -0.2) is 24.1 Å². The Morgan fingerprint density at radius 2 is 2.12 bits per heavy atom. The second-order valence-electron chi connectivity index (χ2n) is 5.86. The highest BCUT2D eigenvalue weighted by Gasteiger charge is 2.11. The number of nitrogens with one attached hydrogen (secondary N) is 2. The van der Waals surface area contributed by atoms with Crippen molar-refractivity contribution < 1.29 is 9.15 Å². The highest BCUT2D eigenvalue weighted by atomic mass is 16.5. The fourth-order valence-electron chi connectivity index (χ4n) is 2.25. The zero-order valence-electron chi connectivity index (χ0n) is 15.5. The van der Waals surface area contributed by atoms with Crippen molar-refractivity contribution in [3.05, 3.63) is 47.5 Å². The fraction of sp³-hybridized carbons (Fsp3) is 0.474. The summed E-state index contributed by atoms with van der Waals surface area (Å²) in [7, 11) is 0. The highest BCUT2D eigenvalue weighted by molar-refractivity contribution is 5.80. The van der Waals surface area contributed by atoms with E-state index in [0.29, 0.717) is 19.0 Å². The molecule has 0 bridgehead atoms. The predicted octanol–water partition coefficient (Wildman–Crippen LogP) is 3.59. The summed E-state index contributed by atoms with van der Waals surface area (Å²) in [5.41, 5.74) is 1.03. The first-order chi connectivity index (χ1) is 12.1. The summed E-state index contributed by atoms with van der Waals surface area (Å²) in [6, 6.07) is 7.86. The number of hydrogen-bond acceptors (Lipinski definition) is 4. The van der Waals surface area contributed by atoms with E-state index in [-0.39, 0.29) is 6.04 Å². The number of rotatable bonds is 8. The molecule has 0 saturated heterocycles. The number of guanidine groups is 1. The molecular formula is C19H28N4O2. The first-order valence-corrected chi connectivity index (χ1v) is 8.81. The molecule has 1 unspecified atom stereocenters. The lowest BCUT2D eigenvalue weighted by molar-refractivity contribution is 0.305. The van der Waals surface area contributed by atoms with Crippen molar-refractivity contribution in [2.45, 2.75) is 46.7 Å². The number of aromatic nitrogens is 1. The Hall–Kier alpha value is -2.50. The number of furan rings is 1. The van der Waals surface area contributed by atoms with Crippen LogP contribution in [-0.2, 0) is 6.54 Å². The van der Waals surface area contributed by atoms with Gasteiger partial charge in [-0.15, -0.1) is 0 Å². The van der Waals surface area contributed by atoms with E-state index in [1.54, 1.807) is 6.20 Å². The summed E-state index contributed by atoms with van der Waals surface area (Å²) in [4.78, 5) is 8.92. The average molecular weight is 344 g/mol. The summed E-state index contributed by atoms with van der Waals surface area (Å²) in [6.07, 6.45) is 2.77. The molecule has 2 aromatic rings. The number of aliphatic imine (C=N–C) groups is 1. The van der Waals surface area contributed by atoms with Crippen molar-refractivity contribution in [2.24, 2.45) is 4.99 Å². The Kier molecular flexibility index (Phi) is 7.32. The molecule has 0 amide bonds. The summed E-state index contributed by atoms with van der Waals surface area (Å²) in [5.74, 6) is 3.20. The van der Waals surface area contributed by atoms with E-state index in [0.717, 1.165) is 36.0 Å². The molecule has 136 valence electrons. The molecule has 6 heteroatoms. The SMILES string of the molecule is CCCOc1ccc(CN=C(NCC)NC(C)c2ccc(C)o2)cn1. The van der Waals surface area contributed by atoms with Gasteiger partial charge in [0.15, 0.2) is 5.96 Å². The Morgan fingerprint density at radius 3 is 2.72 bits per heavy atom. The van der Waals surface area contributed by atoms with Crippen molar-refractivity contribution >= 4 is 5.96 Å². The highest BCUT2D eigenvalue weighted by Crippen LogP contribution is 2.15. The third kappa shape index (κ3) is 6.14. The lowest BCUT2D eigenvalue weighted by Crippen LogP contribution is -2.38. The quantitative estimate of drug-likeness (QED) is 0.566. The lowest BCUT2D eigenvalue weighted by Gasteiger charge is -2.16. The molecule has 0 saturated carbocycles. The molecule has 0 aliphatic heterocycles. The molecule has 6 nitrogen and oxygen atoms in total. The number of hydrogen-bond donors (Lipinski definition) is 2. The van der Waals surface area contributed by atoms with Crippen LogP contribution in [0.15, 0.2) is 39.9 Å². The van der Waals surface area contributed by atoms with Crippen molar-refractivity contribution in [1.82, 2.24) is 15.6 Å². The third-order valence-electron chi connectivity index (χ3n) is 3.56. The molecule has 0 aromatic carbocycles. The van der Waals surface area contributed by atoms with Crippen molar-refractivity contribution in [1.29, 1.82) is 0 Å². The maximum atomic E-state index is 5.66. The van der Waals surface area contributed by atoms with Gasteiger partial charge < -0.3 is 19.8 Å². The van der Waals surface area contributed by atoms with Crippen LogP contribution in [0.25, 0.3) is 0 Å². The van der Waals surface area contributed by atoms with Crippen LogP contribution < -0.4 is 15.4 Å². The molecule has 0 aliphatic carbocycles. The minimum Gasteiger partial charge on any atom is -0.478 e. The van der Waals surface area contributed by atoms with Crippen LogP contribution in [0.1, 0.15) is 50.3 Å². The summed E-state index contributed by atoms with van der Waals surface area (Å²) >= 11 is 0. The maximum Gasteiger partial charge on any atom is 0.213 e. The normalized spacial score (nSPS) is 12.7. The Labute approximate surface area is 149 Å². The monoisotopic (exact) mass is 344 g/mol. The van der Waals surface area contributed by atoms with E-state index in [1.807, 2.05) is 45.0 Å². The molecule has 2 rings (SSSR count). The van der Waals surface area contributed by atoms with Gasteiger partial charge in [-0.3, -0.25) is 0 Å². The average Bonchev–Trinajstić information content (AvgIpc) is 3.05. The zero-order chi connectivity index (χ0) is 18.1. The first kappa shape index (κ1) is 18.8. The van der Waals surface area contributed by atoms with E-state index in [2.05, 4.69) is 27.5 Å². The molecule has 1 atom stereocenters. The van der Waals surface area contributed by atoms with Crippen LogP contribution in [0.3, 0.4) is 0 Å². The summed E-state index contributed by atoms with van der Waals surface area (Å²) < 4.78 is 11.2. The second-order valence-corrected chi connectivity index (χ2v) is 5.86. The topological polar surface area (TPSA) is 71.7 Å². The second kappa shape index (κ2) is 9.71. The standard InChI is InChI=1S/C19H28N4O2/c1-5-11-24-18-10-8-16(12-21-18)13-22-19(20-6-2)23-15(4)17-9-7-14(3)25-17/h7-10,12,15H,5-6,11,13H2,1-4H3,(H2,20,22,23). The molecule has 0 radical (unpaired) electrons. The van der Waals surface area contributed by atoms with Crippen molar-refractivity contribution in [2.75, 3.05) is 13.2 Å². The van der Waals surface area contributed by atoms with Gasteiger partial charge in [0.25, 0.3) is 0 Å². The van der Waals surface area contributed by atoms with Gasteiger partial charge in [-0.25, -0.2) is 9.98 Å². The lowest BCUT2D eigenvalue weighted by atomic mass is 10.2. The van der Waals surface area contributed by atoms with E-state index in [4.69, 9.17) is 9.15 Å². The largest absolute Gasteiger partial charge is 0.478 e. The third-order valence-corrected chi connectivity index (χ3v) is 3.56. The van der Waals surface area contributed by atoms with E-state index >= 15 is 0 Å². The Morgan fingerprint density at radius 1 is 1.28 bits per heavy atom.